The molecule has 0 radical (unpaired) electrons. The van der Waals surface area contributed by atoms with E-state index < -0.39 is 10.0 Å². The van der Waals surface area contributed by atoms with Crippen molar-refractivity contribution in [1.82, 2.24) is 15.2 Å². The molecule has 0 atom stereocenters. The number of carbonyl (C=O) groups is 2. The van der Waals surface area contributed by atoms with Crippen molar-refractivity contribution in [3.05, 3.63) is 64.7 Å². The van der Waals surface area contributed by atoms with Crippen LogP contribution in [-0.4, -0.2) is 37.6 Å². The predicted octanol–water partition coefficient (Wildman–Crippen LogP) is 2.35. The number of nitrogens with one attached hydrogen (secondary N) is 2. The molecule has 2 aromatic rings. The topological polar surface area (TPSA) is 95.6 Å². The van der Waals surface area contributed by atoms with Gasteiger partial charge in [0.2, 0.25) is 15.9 Å². The van der Waals surface area contributed by atoms with Crippen molar-refractivity contribution in [2.75, 3.05) is 13.1 Å². The highest BCUT2D eigenvalue weighted by molar-refractivity contribution is 7.89. The summed E-state index contributed by atoms with van der Waals surface area (Å²) in [5.41, 5.74) is 8.62. The molecular formula is C23H27N3O4S. The minimum absolute atomic E-state index is 0.281. The quantitative estimate of drug-likeness (QED) is 0.712. The molecule has 0 bridgehead atoms. The fraction of sp³-hybridized carbons (Fsp3) is 0.391. The van der Waals surface area contributed by atoms with Crippen molar-refractivity contribution in [2.24, 2.45) is 5.92 Å². The summed E-state index contributed by atoms with van der Waals surface area (Å²) < 4.78 is 27.5. The molecule has 2 N–H and O–H groups in total. The van der Waals surface area contributed by atoms with Gasteiger partial charge < -0.3 is 0 Å². The van der Waals surface area contributed by atoms with Gasteiger partial charge in [-0.25, -0.2) is 8.42 Å². The van der Waals surface area contributed by atoms with Crippen molar-refractivity contribution in [3.63, 3.8) is 0 Å². The molecule has 0 aromatic heterocycles. The fourth-order valence-electron chi connectivity index (χ4n) is 4.33. The lowest BCUT2D eigenvalue weighted by Crippen LogP contribution is -2.48. The normalized spacial score (nSPS) is 17.2. The monoisotopic (exact) mass is 441 g/mol. The summed E-state index contributed by atoms with van der Waals surface area (Å²) in [5, 5.41) is 0. The van der Waals surface area contributed by atoms with Crippen LogP contribution in [0.5, 0.6) is 0 Å². The number of benzene rings is 2. The van der Waals surface area contributed by atoms with Gasteiger partial charge in [0.05, 0.1) is 4.90 Å². The first kappa shape index (κ1) is 21.5. The molecule has 0 unspecified atom stereocenters. The molecule has 0 saturated carbocycles. The molecular weight excluding hydrogens is 414 g/mol. The van der Waals surface area contributed by atoms with E-state index in [9.17, 15) is 18.0 Å². The molecule has 2 amide bonds. The van der Waals surface area contributed by atoms with E-state index in [1.165, 1.54) is 9.87 Å². The Kier molecular flexibility index (Phi) is 6.11. The third kappa shape index (κ3) is 4.50. The number of hydrogen-bond acceptors (Lipinski definition) is 4. The molecule has 1 aliphatic carbocycles. The van der Waals surface area contributed by atoms with Gasteiger partial charge in [0.15, 0.2) is 0 Å². The van der Waals surface area contributed by atoms with Gasteiger partial charge in [-0.2, -0.15) is 4.31 Å². The van der Waals surface area contributed by atoms with Crippen LogP contribution < -0.4 is 10.9 Å². The Hall–Kier alpha value is -2.71. The minimum atomic E-state index is -3.57. The number of carbonyl (C=O) groups excluding carboxylic acids is 2. The molecule has 0 spiro atoms. The SMILES string of the molecule is Cc1ccccc1C(=O)NNC(=O)C1CCN(S(=O)(=O)c2ccc3c(c2)CCC3)CC1. The minimum Gasteiger partial charge on any atom is -0.273 e. The average molecular weight is 442 g/mol. The summed E-state index contributed by atoms with van der Waals surface area (Å²) >= 11 is 0. The molecule has 164 valence electrons. The number of nitrogens with zero attached hydrogens (tertiary/aromatic N) is 1. The van der Waals surface area contributed by atoms with Crippen molar-refractivity contribution in [2.45, 2.75) is 43.9 Å². The fourth-order valence-corrected chi connectivity index (χ4v) is 5.85. The van der Waals surface area contributed by atoms with Gasteiger partial charge in [0, 0.05) is 24.6 Å². The Morgan fingerprint density at radius 2 is 1.68 bits per heavy atom. The van der Waals surface area contributed by atoms with Crippen LogP contribution in [0.4, 0.5) is 0 Å². The number of rotatable bonds is 4. The largest absolute Gasteiger partial charge is 0.273 e. The van der Waals surface area contributed by atoms with E-state index >= 15 is 0 Å². The zero-order valence-corrected chi connectivity index (χ0v) is 18.4. The van der Waals surface area contributed by atoms with Gasteiger partial charge >= 0.3 is 0 Å². The van der Waals surface area contributed by atoms with Crippen LogP contribution >= 0.6 is 0 Å². The zero-order chi connectivity index (χ0) is 22.0. The molecule has 1 saturated heterocycles. The first-order chi connectivity index (χ1) is 14.9. The van der Waals surface area contributed by atoms with E-state index in [-0.39, 0.29) is 30.8 Å². The van der Waals surface area contributed by atoms with Gasteiger partial charge in [-0.1, -0.05) is 24.3 Å². The summed E-state index contributed by atoms with van der Waals surface area (Å²) in [4.78, 5) is 25.1. The number of amides is 2. The van der Waals surface area contributed by atoms with E-state index in [1.807, 2.05) is 25.1 Å². The van der Waals surface area contributed by atoms with Gasteiger partial charge in [0.1, 0.15) is 0 Å². The number of fused-ring (bicyclic) bond motifs is 1. The van der Waals surface area contributed by atoms with Crippen LogP contribution in [-0.2, 0) is 27.7 Å². The van der Waals surface area contributed by atoms with Gasteiger partial charge in [0.25, 0.3) is 5.91 Å². The summed E-state index contributed by atoms with van der Waals surface area (Å²) in [5.74, 6) is -1.01. The Morgan fingerprint density at radius 3 is 2.42 bits per heavy atom. The lowest BCUT2D eigenvalue weighted by atomic mass is 9.97. The van der Waals surface area contributed by atoms with Crippen molar-refractivity contribution in [1.29, 1.82) is 0 Å². The molecule has 1 heterocycles. The molecule has 8 heteroatoms. The first-order valence-electron chi connectivity index (χ1n) is 10.6. The third-order valence-electron chi connectivity index (χ3n) is 6.22. The molecule has 4 rings (SSSR count). The van der Waals surface area contributed by atoms with E-state index in [0.717, 1.165) is 30.4 Å². The Labute approximate surface area is 182 Å². The average Bonchev–Trinajstić information content (AvgIpc) is 3.25. The summed E-state index contributed by atoms with van der Waals surface area (Å²) in [7, 11) is -3.57. The van der Waals surface area contributed by atoms with Gasteiger partial charge in [-0.3, -0.25) is 20.4 Å². The van der Waals surface area contributed by atoms with Crippen LogP contribution in [0.1, 0.15) is 46.3 Å². The molecule has 1 fully saturated rings. The highest BCUT2D eigenvalue weighted by Gasteiger charge is 2.32. The summed E-state index contributed by atoms with van der Waals surface area (Å²) in [6, 6.07) is 12.5. The van der Waals surface area contributed by atoms with Crippen LogP contribution in [0.3, 0.4) is 0 Å². The molecule has 2 aromatic carbocycles. The van der Waals surface area contributed by atoms with Gasteiger partial charge in [-0.05, 0) is 73.9 Å². The second-order valence-corrected chi connectivity index (χ2v) is 10.2. The predicted molar refractivity (Wildman–Crippen MR) is 117 cm³/mol. The molecule has 31 heavy (non-hydrogen) atoms. The molecule has 1 aliphatic heterocycles. The van der Waals surface area contributed by atoms with Crippen LogP contribution in [0, 0.1) is 12.8 Å². The Bertz CT molecular complexity index is 1110. The molecule has 2 aliphatic rings. The first-order valence-corrected chi connectivity index (χ1v) is 12.1. The maximum atomic E-state index is 13.0. The van der Waals surface area contributed by atoms with Crippen molar-refractivity contribution >= 4 is 21.8 Å². The maximum absolute atomic E-state index is 13.0. The number of aryl methyl sites for hydroxylation is 3. The van der Waals surface area contributed by atoms with Crippen LogP contribution in [0.15, 0.2) is 47.4 Å². The summed E-state index contributed by atoms with van der Waals surface area (Å²) in [6.07, 6.45) is 3.83. The lowest BCUT2D eigenvalue weighted by Gasteiger charge is -2.30. The van der Waals surface area contributed by atoms with Crippen LogP contribution in [0.2, 0.25) is 0 Å². The lowest BCUT2D eigenvalue weighted by molar-refractivity contribution is -0.126. The second kappa shape index (κ2) is 8.80. The summed E-state index contributed by atoms with van der Waals surface area (Å²) in [6.45, 7) is 2.39. The van der Waals surface area contributed by atoms with Gasteiger partial charge in [-0.15, -0.1) is 0 Å². The van der Waals surface area contributed by atoms with E-state index in [0.29, 0.717) is 23.3 Å². The smallest absolute Gasteiger partial charge is 0.269 e. The number of piperidine rings is 1. The van der Waals surface area contributed by atoms with E-state index in [4.69, 9.17) is 0 Å². The van der Waals surface area contributed by atoms with E-state index in [1.54, 1.807) is 24.3 Å². The third-order valence-corrected chi connectivity index (χ3v) is 8.12. The maximum Gasteiger partial charge on any atom is 0.269 e. The highest BCUT2D eigenvalue weighted by Crippen LogP contribution is 2.28. The Balaban J connectivity index is 1.32. The number of sulfonamides is 1. The van der Waals surface area contributed by atoms with Crippen molar-refractivity contribution in [3.8, 4) is 0 Å². The highest BCUT2D eigenvalue weighted by atomic mass is 32.2. The molecule has 7 nitrogen and oxygen atoms in total. The number of hydrogen-bond donors (Lipinski definition) is 2. The Morgan fingerprint density at radius 1 is 0.968 bits per heavy atom. The standard InChI is InChI=1S/C23H27N3O4S/c1-16-5-2-3-8-21(16)23(28)25-24-22(27)18-11-13-26(14-12-18)31(29,30)20-10-9-17-6-4-7-19(17)15-20/h2-3,5,8-10,15,18H,4,6-7,11-14H2,1H3,(H,24,27)(H,25,28). The van der Waals surface area contributed by atoms with Crippen molar-refractivity contribution < 1.29 is 18.0 Å². The second-order valence-electron chi connectivity index (χ2n) is 8.22. The van der Waals surface area contributed by atoms with E-state index in [2.05, 4.69) is 10.9 Å². The van der Waals surface area contributed by atoms with Crippen LogP contribution in [0.25, 0.3) is 0 Å². The number of hydrazine groups is 1. The zero-order valence-electron chi connectivity index (χ0n) is 17.6.